The summed E-state index contributed by atoms with van der Waals surface area (Å²) < 4.78 is 0. The number of aliphatic hydroxyl groups excluding tert-OH is 1. The zero-order valence-corrected chi connectivity index (χ0v) is 47.1. The molecule has 1 fully saturated rings. The Morgan fingerprint density at radius 2 is 0.800 bits per heavy atom. The van der Waals surface area contributed by atoms with Gasteiger partial charge in [-0.25, -0.2) is 4.90 Å². The Kier molecular flexibility index (Phi) is 25.3. The van der Waals surface area contributed by atoms with Crippen LogP contribution in [0, 0.1) is 0 Å². The molecule has 2 aromatic carbocycles. The first kappa shape index (κ1) is 66.9. The van der Waals surface area contributed by atoms with Gasteiger partial charge in [0.25, 0.3) is 94.5 Å². The van der Waals surface area contributed by atoms with E-state index in [2.05, 4.69) is 0 Å². The minimum absolute atomic E-state index is 0.0880. The summed E-state index contributed by atoms with van der Waals surface area (Å²) in [7, 11) is 1.45. The molecule has 8 aliphatic heterocycles. The summed E-state index contributed by atoms with van der Waals surface area (Å²) in [6.45, 7) is 7.98. The molecule has 0 radical (unpaired) electrons. The van der Waals surface area contributed by atoms with Crippen LogP contribution in [0.4, 0.5) is 5.69 Å². The van der Waals surface area contributed by atoms with Crippen molar-refractivity contribution >= 4 is 100 Å². The number of carbonyl (C=O) groups is 16. The standard InChI is InChI=1S/C11H9NO2.C10H13NO2.C10H7NO2.C8H11NO2.C6H7NO3.C6H7NO2.C5H5NO2.C4H3NO2/c13-10-6-7-11(14)12(10)8-9-4-2-1-3-5-9;2*12-9-6-7-10(13)11(9)8-4-2-1-3-5-8;1-8(2,3)9-6(10)4-5-7(9)11;8-4-3-7-5(9)1-2-6(7)10;1-2-7-5(8)3-4-6(7)9;1-6-4(7)2-3-5(6)8;6-3-1-2-4(7)5-3/h1-7H,8H2;6-8H,1-5H2;1-7H;4-5H,1-3H3;1-2,8H,3-4H2;3-4H,2H2,1H3;2-3H,1H3;1-2H,(H,5,6,7). The summed E-state index contributed by atoms with van der Waals surface area (Å²) >= 11 is 0. The molecule has 0 unspecified atom stereocenters. The Morgan fingerprint density at radius 3 is 1.14 bits per heavy atom. The number of benzene rings is 2. The molecule has 9 aliphatic rings. The topological polar surface area (TPSA) is 328 Å². The molecule has 1 aliphatic carbocycles. The number of carbonyl (C=O) groups excluding carboxylic acids is 16. The highest BCUT2D eigenvalue weighted by atomic mass is 16.3. The maximum absolute atomic E-state index is 11.3. The van der Waals surface area contributed by atoms with Crippen molar-refractivity contribution in [3.05, 3.63) is 163 Å². The molecule has 11 rings (SSSR count). The third kappa shape index (κ3) is 20.1. The first-order chi connectivity index (χ1) is 40.3. The summed E-state index contributed by atoms with van der Waals surface area (Å²) in [6.07, 6.45) is 25.8. The fraction of sp³-hybridized carbons (Fsp3) is 0.267. The van der Waals surface area contributed by atoms with Crippen molar-refractivity contribution in [3.8, 4) is 0 Å². The lowest BCUT2D eigenvalue weighted by Gasteiger charge is -2.29. The maximum Gasteiger partial charge on any atom is 0.258 e. The number of likely N-dealkylation sites (N-methyl/N-ethyl adjacent to an activating group) is 2. The van der Waals surface area contributed by atoms with Crippen LogP contribution >= 0.6 is 0 Å². The molecule has 85 heavy (non-hydrogen) atoms. The molecule has 0 saturated heterocycles. The molecule has 0 atom stereocenters. The van der Waals surface area contributed by atoms with Gasteiger partial charge in [0, 0.05) is 122 Å². The molecule has 0 spiro atoms. The van der Waals surface area contributed by atoms with E-state index in [4.69, 9.17) is 5.11 Å². The highest BCUT2D eigenvalue weighted by Gasteiger charge is 2.34. The Labute approximate surface area is 488 Å². The van der Waals surface area contributed by atoms with E-state index < -0.39 is 5.54 Å². The largest absolute Gasteiger partial charge is 0.395 e. The lowest BCUT2D eigenvalue weighted by Crippen LogP contribution is -2.45. The van der Waals surface area contributed by atoms with Crippen LogP contribution in [-0.4, -0.2) is 167 Å². The second-order valence-electron chi connectivity index (χ2n) is 19.3. The first-order valence-electron chi connectivity index (χ1n) is 26.3. The normalized spacial score (nSPS) is 18.1. The van der Waals surface area contributed by atoms with Gasteiger partial charge in [-0.1, -0.05) is 67.8 Å². The number of para-hydroxylation sites is 1. The molecule has 16 amide bonds. The van der Waals surface area contributed by atoms with Gasteiger partial charge in [0.1, 0.15) is 0 Å². The quantitative estimate of drug-likeness (QED) is 0.373. The van der Waals surface area contributed by atoms with Crippen molar-refractivity contribution in [1.82, 2.24) is 34.7 Å². The number of nitrogens with one attached hydrogen (secondary N) is 1. The molecule has 0 aromatic heterocycles. The van der Waals surface area contributed by atoms with Crippen molar-refractivity contribution in [1.29, 1.82) is 0 Å². The number of aliphatic hydroxyl groups is 1. The molecule has 2 aromatic rings. The van der Waals surface area contributed by atoms with Gasteiger partial charge in [0.2, 0.25) is 0 Å². The van der Waals surface area contributed by atoms with Gasteiger partial charge >= 0.3 is 0 Å². The third-order valence-electron chi connectivity index (χ3n) is 12.3. The average molecular weight is 1170 g/mol. The number of rotatable bonds is 7. The van der Waals surface area contributed by atoms with Gasteiger partial charge in [-0.05, 0) is 58.2 Å². The fourth-order valence-electron chi connectivity index (χ4n) is 8.08. The highest BCUT2D eigenvalue weighted by Crippen LogP contribution is 2.25. The van der Waals surface area contributed by atoms with Crippen LogP contribution in [-0.2, 0) is 83.3 Å². The zero-order valence-electron chi connectivity index (χ0n) is 47.1. The molecular weight excluding hydrogens is 1100 g/mol. The van der Waals surface area contributed by atoms with Crippen LogP contribution in [0.2, 0.25) is 0 Å². The SMILES string of the molecule is CC(C)(C)N1C(=O)C=CC1=O.CCN1C(=O)C=CC1=O.CN1C(=O)C=CC1=O.O=C1C=CC(=O)N1.O=C1C=CC(=O)N1C1CCCCC1.O=C1C=CC(=O)N1CCO.O=C1C=CC(=O)N1Cc1ccccc1.O=C1C=CC(=O)N1c1ccccc1. The lowest BCUT2D eigenvalue weighted by molar-refractivity contribution is -0.143. The molecule has 8 heterocycles. The summed E-state index contributed by atoms with van der Waals surface area (Å²) in [5.74, 6) is -3.98. The summed E-state index contributed by atoms with van der Waals surface area (Å²) in [5.41, 5.74) is 1.16. The number of nitrogens with zero attached hydrogens (tertiary/aromatic N) is 7. The van der Waals surface area contributed by atoms with E-state index in [0.29, 0.717) is 18.8 Å². The van der Waals surface area contributed by atoms with Crippen LogP contribution in [0.5, 0.6) is 0 Å². The Morgan fingerprint density at radius 1 is 0.435 bits per heavy atom. The van der Waals surface area contributed by atoms with Crippen molar-refractivity contribution in [3.63, 3.8) is 0 Å². The molecule has 0 bridgehead atoms. The highest BCUT2D eigenvalue weighted by molar-refractivity contribution is 6.28. The predicted octanol–water partition coefficient (Wildman–Crippen LogP) is 1.76. The van der Waals surface area contributed by atoms with E-state index in [0.717, 1.165) is 45.9 Å². The van der Waals surface area contributed by atoms with Gasteiger partial charge in [0.05, 0.1) is 25.4 Å². The summed E-state index contributed by atoms with van der Waals surface area (Å²) in [5, 5.41) is 10.4. The van der Waals surface area contributed by atoms with Crippen LogP contribution in [0.3, 0.4) is 0 Å². The third-order valence-corrected chi connectivity index (χ3v) is 12.3. The number of hydrogen-bond donors (Lipinski definition) is 2. The molecular formula is C60H62N8O17. The predicted molar refractivity (Wildman–Crippen MR) is 302 cm³/mol. The Bertz CT molecular complexity index is 3090. The van der Waals surface area contributed by atoms with Crippen LogP contribution in [0.15, 0.2) is 158 Å². The zero-order chi connectivity index (χ0) is 63.0. The number of amides is 16. The van der Waals surface area contributed by atoms with Gasteiger partial charge < -0.3 is 5.11 Å². The lowest BCUT2D eigenvalue weighted by atomic mass is 9.94. The molecule has 1 saturated carbocycles. The van der Waals surface area contributed by atoms with Gasteiger partial charge in [-0.3, -0.25) is 111 Å². The molecule has 25 heteroatoms. The average Bonchev–Trinajstić information content (AvgIpc) is 4.45. The molecule has 444 valence electrons. The van der Waals surface area contributed by atoms with Gasteiger partial charge in [-0.15, -0.1) is 0 Å². The van der Waals surface area contributed by atoms with Crippen molar-refractivity contribution < 1.29 is 81.8 Å². The van der Waals surface area contributed by atoms with Crippen LogP contribution in [0.25, 0.3) is 0 Å². The Hall–Kier alpha value is -10.6. The van der Waals surface area contributed by atoms with Gasteiger partial charge in [-0.2, -0.15) is 0 Å². The first-order valence-corrected chi connectivity index (χ1v) is 26.3. The Balaban J connectivity index is 0.000000210. The summed E-state index contributed by atoms with van der Waals surface area (Å²) in [4.78, 5) is 181. The smallest absolute Gasteiger partial charge is 0.258 e. The van der Waals surface area contributed by atoms with Crippen molar-refractivity contribution in [2.75, 3.05) is 31.6 Å². The van der Waals surface area contributed by atoms with E-state index in [1.807, 2.05) is 62.5 Å². The van der Waals surface area contributed by atoms with Crippen LogP contribution < -0.4 is 10.2 Å². The molecule has 25 nitrogen and oxygen atoms in total. The second-order valence-corrected chi connectivity index (χ2v) is 19.3. The van der Waals surface area contributed by atoms with E-state index in [-0.39, 0.29) is 114 Å². The monoisotopic (exact) mass is 1170 g/mol. The van der Waals surface area contributed by atoms with E-state index in [9.17, 15) is 76.7 Å². The minimum atomic E-state index is -0.405. The van der Waals surface area contributed by atoms with Crippen molar-refractivity contribution in [2.24, 2.45) is 0 Å². The summed E-state index contributed by atoms with van der Waals surface area (Å²) in [6, 6.07) is 18.5. The maximum atomic E-state index is 11.3. The number of imide groups is 8. The van der Waals surface area contributed by atoms with E-state index in [1.165, 1.54) is 130 Å². The number of anilines is 1. The molecule has 2 N–H and O–H groups in total. The van der Waals surface area contributed by atoms with Crippen LogP contribution in [0.1, 0.15) is 65.4 Å². The number of β-amino-alcohol motifs (C(OH)–C–C–N with tert-alkyl or cyclic N) is 1. The van der Waals surface area contributed by atoms with Crippen molar-refractivity contribution in [2.45, 2.75) is 77.9 Å². The van der Waals surface area contributed by atoms with Gasteiger partial charge in [0.15, 0.2) is 0 Å². The number of hydrogen-bond acceptors (Lipinski definition) is 17. The second kappa shape index (κ2) is 32.2. The minimum Gasteiger partial charge on any atom is -0.395 e. The van der Waals surface area contributed by atoms with E-state index >= 15 is 0 Å². The fourth-order valence-corrected chi connectivity index (χ4v) is 8.08. The van der Waals surface area contributed by atoms with E-state index in [1.54, 1.807) is 31.2 Å².